The number of rotatable bonds is 6. The molecule has 0 bridgehead atoms. The van der Waals surface area contributed by atoms with Crippen LogP contribution in [0.5, 0.6) is 0 Å². The zero-order valence-electron chi connectivity index (χ0n) is 11.1. The van der Waals surface area contributed by atoms with Gasteiger partial charge in [-0.1, -0.05) is 13.8 Å². The van der Waals surface area contributed by atoms with Gasteiger partial charge in [0.1, 0.15) is 0 Å². The van der Waals surface area contributed by atoms with E-state index >= 15 is 0 Å². The number of hydrogen-bond donors (Lipinski definition) is 2. The van der Waals surface area contributed by atoms with Gasteiger partial charge in [0, 0.05) is 18.1 Å². The summed E-state index contributed by atoms with van der Waals surface area (Å²) < 4.78 is 0. The first-order valence-corrected chi connectivity index (χ1v) is 6.82. The highest BCUT2D eigenvalue weighted by Gasteiger charge is 2.23. The average Bonchev–Trinajstić information content (AvgIpc) is 2.32. The Morgan fingerprint density at radius 3 is 2.25 bits per heavy atom. The summed E-state index contributed by atoms with van der Waals surface area (Å²) in [7, 11) is 0. The van der Waals surface area contributed by atoms with E-state index in [0.29, 0.717) is 6.04 Å². The van der Waals surface area contributed by atoms with Crippen molar-refractivity contribution < 1.29 is 5.11 Å². The van der Waals surface area contributed by atoms with E-state index in [4.69, 9.17) is 5.11 Å². The minimum atomic E-state index is 0.240. The highest BCUT2D eigenvalue weighted by Crippen LogP contribution is 2.17. The first-order valence-electron chi connectivity index (χ1n) is 6.82. The third kappa shape index (κ3) is 4.04. The Bertz CT molecular complexity index is 175. The minimum Gasteiger partial charge on any atom is -0.395 e. The molecule has 0 aromatic heterocycles. The lowest BCUT2D eigenvalue weighted by Gasteiger charge is -2.38. The number of aliphatic hydroxyl groups excluding tert-OH is 1. The van der Waals surface area contributed by atoms with Crippen molar-refractivity contribution in [2.45, 2.75) is 64.6 Å². The molecule has 3 nitrogen and oxygen atoms in total. The maximum atomic E-state index is 9.01. The van der Waals surface area contributed by atoms with Crippen molar-refractivity contribution in [3.63, 3.8) is 0 Å². The Labute approximate surface area is 100 Å². The van der Waals surface area contributed by atoms with Crippen LogP contribution in [0, 0.1) is 0 Å². The molecular weight excluding hydrogens is 200 g/mol. The maximum absolute atomic E-state index is 9.01. The molecule has 0 amide bonds. The standard InChI is InChI=1S/C13H28N2O/c1-4-13(5-2)15-8-6-12(7-9-15)14-11(3)10-16/h11-14,16H,4-10H2,1-3H3/t11-/m1/s1. The minimum absolute atomic E-state index is 0.240. The van der Waals surface area contributed by atoms with Crippen molar-refractivity contribution in [3.8, 4) is 0 Å². The Morgan fingerprint density at radius 1 is 1.25 bits per heavy atom. The zero-order chi connectivity index (χ0) is 12.0. The number of piperidine rings is 1. The Kier molecular flexibility index (Phi) is 6.32. The zero-order valence-corrected chi connectivity index (χ0v) is 11.1. The summed E-state index contributed by atoms with van der Waals surface area (Å²) in [4.78, 5) is 2.63. The molecule has 1 saturated heterocycles. The molecule has 2 N–H and O–H groups in total. The molecule has 0 aliphatic carbocycles. The Balaban J connectivity index is 2.27. The van der Waals surface area contributed by atoms with Crippen molar-refractivity contribution in [1.82, 2.24) is 10.2 Å². The first-order chi connectivity index (χ1) is 7.71. The van der Waals surface area contributed by atoms with Crippen molar-refractivity contribution in [1.29, 1.82) is 0 Å². The van der Waals surface area contributed by atoms with Gasteiger partial charge >= 0.3 is 0 Å². The molecule has 0 spiro atoms. The summed E-state index contributed by atoms with van der Waals surface area (Å²) in [6.45, 7) is 9.28. The van der Waals surface area contributed by atoms with Crippen molar-refractivity contribution in [2.75, 3.05) is 19.7 Å². The quantitative estimate of drug-likeness (QED) is 0.725. The third-order valence-corrected chi connectivity index (χ3v) is 3.78. The number of nitrogens with zero attached hydrogens (tertiary/aromatic N) is 1. The number of hydrogen-bond acceptors (Lipinski definition) is 3. The summed E-state index contributed by atoms with van der Waals surface area (Å²) in [6.07, 6.45) is 4.98. The Hall–Kier alpha value is -0.120. The van der Waals surface area contributed by atoms with Crippen LogP contribution in [0.2, 0.25) is 0 Å². The smallest absolute Gasteiger partial charge is 0.0582 e. The highest BCUT2D eigenvalue weighted by molar-refractivity contribution is 4.82. The van der Waals surface area contributed by atoms with Gasteiger partial charge in [0.05, 0.1) is 6.61 Å². The molecule has 1 heterocycles. The molecule has 96 valence electrons. The van der Waals surface area contributed by atoms with E-state index in [0.717, 1.165) is 6.04 Å². The van der Waals surface area contributed by atoms with E-state index in [2.05, 4.69) is 24.1 Å². The van der Waals surface area contributed by atoms with Gasteiger partial charge in [-0.05, 0) is 45.7 Å². The van der Waals surface area contributed by atoms with Gasteiger partial charge in [0.15, 0.2) is 0 Å². The lowest BCUT2D eigenvalue weighted by molar-refractivity contribution is 0.127. The van der Waals surface area contributed by atoms with Crippen molar-refractivity contribution in [3.05, 3.63) is 0 Å². The lowest BCUT2D eigenvalue weighted by Crippen LogP contribution is -2.48. The fourth-order valence-electron chi connectivity index (χ4n) is 2.69. The van der Waals surface area contributed by atoms with Crippen LogP contribution in [0.4, 0.5) is 0 Å². The van der Waals surface area contributed by atoms with Gasteiger partial charge in [-0.2, -0.15) is 0 Å². The number of nitrogens with one attached hydrogen (secondary N) is 1. The van der Waals surface area contributed by atoms with Crippen LogP contribution in [-0.2, 0) is 0 Å². The summed E-state index contributed by atoms with van der Waals surface area (Å²) in [5.41, 5.74) is 0. The third-order valence-electron chi connectivity index (χ3n) is 3.78. The van der Waals surface area contributed by atoms with Gasteiger partial charge < -0.3 is 15.3 Å². The van der Waals surface area contributed by atoms with Crippen LogP contribution in [0.25, 0.3) is 0 Å². The fraction of sp³-hybridized carbons (Fsp3) is 1.00. The molecule has 1 atom stereocenters. The molecule has 0 unspecified atom stereocenters. The van der Waals surface area contributed by atoms with Crippen molar-refractivity contribution in [2.24, 2.45) is 0 Å². The second-order valence-electron chi connectivity index (χ2n) is 5.03. The highest BCUT2D eigenvalue weighted by atomic mass is 16.3. The molecule has 0 radical (unpaired) electrons. The van der Waals surface area contributed by atoms with E-state index in [1.165, 1.54) is 38.8 Å². The van der Waals surface area contributed by atoms with Crippen LogP contribution in [0.15, 0.2) is 0 Å². The van der Waals surface area contributed by atoms with E-state index in [-0.39, 0.29) is 12.6 Å². The maximum Gasteiger partial charge on any atom is 0.0582 e. The predicted octanol–water partition coefficient (Wildman–Crippen LogP) is 1.61. The van der Waals surface area contributed by atoms with E-state index in [1.54, 1.807) is 0 Å². The van der Waals surface area contributed by atoms with Gasteiger partial charge in [-0.25, -0.2) is 0 Å². The van der Waals surface area contributed by atoms with E-state index in [1.807, 2.05) is 6.92 Å². The molecule has 1 aliphatic heterocycles. The van der Waals surface area contributed by atoms with E-state index in [9.17, 15) is 0 Å². The van der Waals surface area contributed by atoms with Gasteiger partial charge in [0.25, 0.3) is 0 Å². The van der Waals surface area contributed by atoms with Crippen LogP contribution in [0.3, 0.4) is 0 Å². The molecule has 0 aromatic rings. The largest absolute Gasteiger partial charge is 0.395 e. The van der Waals surface area contributed by atoms with Crippen LogP contribution >= 0.6 is 0 Å². The van der Waals surface area contributed by atoms with Crippen LogP contribution in [0.1, 0.15) is 46.5 Å². The summed E-state index contributed by atoms with van der Waals surface area (Å²) in [6, 6.07) is 1.62. The SMILES string of the molecule is CCC(CC)N1CCC(N[C@H](C)CO)CC1. The lowest BCUT2D eigenvalue weighted by atomic mass is 10.0. The van der Waals surface area contributed by atoms with Gasteiger partial charge in [-0.3, -0.25) is 0 Å². The second-order valence-corrected chi connectivity index (χ2v) is 5.03. The first kappa shape index (κ1) is 13.9. The molecule has 0 aromatic carbocycles. The molecule has 0 saturated carbocycles. The monoisotopic (exact) mass is 228 g/mol. The molecule has 1 fully saturated rings. The average molecular weight is 228 g/mol. The summed E-state index contributed by atoms with van der Waals surface area (Å²) in [5.74, 6) is 0. The van der Waals surface area contributed by atoms with Crippen molar-refractivity contribution >= 4 is 0 Å². The molecular formula is C13H28N2O. The second kappa shape index (κ2) is 7.25. The summed E-state index contributed by atoms with van der Waals surface area (Å²) in [5, 5.41) is 12.5. The van der Waals surface area contributed by atoms with Crippen LogP contribution in [-0.4, -0.2) is 47.8 Å². The number of likely N-dealkylation sites (tertiary alicyclic amines) is 1. The molecule has 16 heavy (non-hydrogen) atoms. The predicted molar refractivity (Wildman–Crippen MR) is 68.6 cm³/mol. The van der Waals surface area contributed by atoms with E-state index < -0.39 is 0 Å². The Morgan fingerprint density at radius 2 is 1.81 bits per heavy atom. The topological polar surface area (TPSA) is 35.5 Å². The van der Waals surface area contributed by atoms with Crippen LogP contribution < -0.4 is 5.32 Å². The fourth-order valence-corrected chi connectivity index (χ4v) is 2.69. The normalized spacial score (nSPS) is 21.6. The summed E-state index contributed by atoms with van der Waals surface area (Å²) >= 11 is 0. The van der Waals surface area contributed by atoms with Gasteiger partial charge in [0.2, 0.25) is 0 Å². The van der Waals surface area contributed by atoms with Gasteiger partial charge in [-0.15, -0.1) is 0 Å². The molecule has 1 aliphatic rings. The molecule has 3 heteroatoms. The number of aliphatic hydroxyl groups is 1. The molecule has 1 rings (SSSR count).